The average Bonchev–Trinajstić information content (AvgIpc) is 2.61. The lowest BCUT2D eigenvalue weighted by molar-refractivity contribution is -0.142. The van der Waals surface area contributed by atoms with Gasteiger partial charge in [-0.2, -0.15) is 13.2 Å². The Morgan fingerprint density at radius 2 is 1.33 bits per heavy atom. The summed E-state index contributed by atoms with van der Waals surface area (Å²) in [5.41, 5.74) is -1.41. The van der Waals surface area contributed by atoms with Crippen LogP contribution in [0.15, 0.2) is 24.8 Å². The number of rotatable bonds is 4. The van der Waals surface area contributed by atoms with E-state index in [1.54, 1.807) is 0 Å². The summed E-state index contributed by atoms with van der Waals surface area (Å²) in [7, 11) is 0. The zero-order valence-electron chi connectivity index (χ0n) is 15.5. The van der Waals surface area contributed by atoms with Gasteiger partial charge in [-0.05, 0) is 99.2 Å². The van der Waals surface area contributed by atoms with Crippen LogP contribution in [0, 0.1) is 29.4 Å². The number of hydrogen-bond acceptors (Lipinski definition) is 0. The van der Waals surface area contributed by atoms with Gasteiger partial charge in [0, 0.05) is 0 Å². The Balaban J connectivity index is 1.59. The number of allylic oxidation sites excluding steroid dienone is 1. The van der Waals surface area contributed by atoms with Crippen molar-refractivity contribution in [1.82, 2.24) is 0 Å². The minimum absolute atomic E-state index is 0.0513. The molecule has 0 N–H and O–H groups in total. The molecular formula is C22H27F5. The molecule has 0 atom stereocenters. The molecule has 0 spiro atoms. The SMILES string of the molecule is C=CC[C@H]1CC[C@H]([C@H]2CC[C@H](c3cc(F)c(C(F)(F)F)c(F)c3)CC2)CC1. The van der Waals surface area contributed by atoms with Crippen LogP contribution in [-0.4, -0.2) is 0 Å². The highest BCUT2D eigenvalue weighted by Crippen LogP contribution is 2.45. The summed E-state index contributed by atoms with van der Waals surface area (Å²) in [6.45, 7) is 3.82. The average molecular weight is 386 g/mol. The van der Waals surface area contributed by atoms with E-state index in [-0.39, 0.29) is 5.92 Å². The van der Waals surface area contributed by atoms with E-state index in [2.05, 4.69) is 6.58 Å². The van der Waals surface area contributed by atoms with Crippen molar-refractivity contribution >= 4 is 0 Å². The van der Waals surface area contributed by atoms with Gasteiger partial charge >= 0.3 is 6.18 Å². The molecule has 0 radical (unpaired) electrons. The normalized spacial score (nSPS) is 29.5. The fourth-order valence-electron chi connectivity index (χ4n) is 5.15. The molecule has 0 saturated heterocycles. The largest absolute Gasteiger partial charge is 0.422 e. The van der Waals surface area contributed by atoms with Crippen molar-refractivity contribution in [3.63, 3.8) is 0 Å². The highest BCUT2D eigenvalue weighted by Gasteiger charge is 2.39. The van der Waals surface area contributed by atoms with Crippen LogP contribution >= 0.6 is 0 Å². The van der Waals surface area contributed by atoms with Crippen molar-refractivity contribution in [2.45, 2.75) is 69.9 Å². The van der Waals surface area contributed by atoms with Gasteiger partial charge in [-0.3, -0.25) is 0 Å². The van der Waals surface area contributed by atoms with Gasteiger partial charge < -0.3 is 0 Å². The Hall–Kier alpha value is -1.39. The lowest BCUT2D eigenvalue weighted by Crippen LogP contribution is -2.25. The lowest BCUT2D eigenvalue weighted by Gasteiger charge is -2.38. The molecule has 2 saturated carbocycles. The first-order valence-electron chi connectivity index (χ1n) is 9.96. The quantitative estimate of drug-likeness (QED) is 0.368. The van der Waals surface area contributed by atoms with E-state index < -0.39 is 23.4 Å². The summed E-state index contributed by atoms with van der Waals surface area (Å²) in [5, 5.41) is 0. The zero-order chi connectivity index (χ0) is 19.6. The first-order valence-corrected chi connectivity index (χ1v) is 9.96. The second kappa shape index (κ2) is 8.32. The standard InChI is InChI=1S/C22H27F5/c1-2-3-14-4-6-15(7-5-14)16-8-10-17(11-9-16)18-12-19(23)21(20(24)13-18)22(25,26)27/h2,12-17H,1,3-11H2/t14-,15-,16-,17-. The Morgan fingerprint density at radius 1 is 0.852 bits per heavy atom. The van der Waals surface area contributed by atoms with E-state index in [1.165, 1.54) is 25.7 Å². The van der Waals surface area contributed by atoms with Crippen molar-refractivity contribution in [3.05, 3.63) is 47.5 Å². The van der Waals surface area contributed by atoms with Crippen LogP contribution in [0.2, 0.25) is 0 Å². The number of alkyl halides is 3. The summed E-state index contributed by atoms with van der Waals surface area (Å²) in [5.74, 6) is -0.943. The van der Waals surface area contributed by atoms with Gasteiger partial charge in [0.05, 0.1) is 0 Å². The zero-order valence-corrected chi connectivity index (χ0v) is 15.5. The van der Waals surface area contributed by atoms with Crippen LogP contribution in [0.5, 0.6) is 0 Å². The van der Waals surface area contributed by atoms with E-state index in [1.807, 2.05) is 6.08 Å². The first-order chi connectivity index (χ1) is 12.8. The fraction of sp³-hybridized carbons (Fsp3) is 0.636. The molecule has 0 heterocycles. The molecular weight excluding hydrogens is 359 g/mol. The Labute approximate surface area is 157 Å². The Kier molecular flexibility index (Phi) is 6.27. The van der Waals surface area contributed by atoms with Crippen molar-refractivity contribution in [2.24, 2.45) is 17.8 Å². The molecule has 1 aromatic carbocycles. The van der Waals surface area contributed by atoms with E-state index >= 15 is 0 Å². The highest BCUT2D eigenvalue weighted by molar-refractivity contribution is 5.30. The molecule has 2 aliphatic carbocycles. The molecule has 0 aromatic heterocycles. The van der Waals surface area contributed by atoms with Gasteiger partial charge in [0.15, 0.2) is 0 Å². The van der Waals surface area contributed by atoms with Gasteiger partial charge in [0.25, 0.3) is 0 Å². The van der Waals surface area contributed by atoms with Gasteiger partial charge in [-0.25, -0.2) is 8.78 Å². The Bertz CT molecular complexity index is 624. The molecule has 0 unspecified atom stereocenters. The molecule has 0 nitrogen and oxygen atoms in total. The molecule has 0 amide bonds. The summed E-state index contributed by atoms with van der Waals surface area (Å²) in [6, 6.07) is 1.77. The van der Waals surface area contributed by atoms with Gasteiger partial charge in [0.2, 0.25) is 0 Å². The lowest BCUT2D eigenvalue weighted by atomic mass is 9.68. The maximum Gasteiger partial charge on any atom is 0.422 e. The second-order valence-corrected chi connectivity index (χ2v) is 8.27. The predicted molar refractivity (Wildman–Crippen MR) is 96.3 cm³/mol. The first kappa shape index (κ1) is 20.3. The van der Waals surface area contributed by atoms with Crippen LogP contribution in [0.1, 0.15) is 74.8 Å². The van der Waals surface area contributed by atoms with Crippen LogP contribution in [-0.2, 0) is 6.18 Å². The van der Waals surface area contributed by atoms with Crippen LogP contribution in [0.3, 0.4) is 0 Å². The topological polar surface area (TPSA) is 0 Å². The van der Waals surface area contributed by atoms with Crippen LogP contribution in [0.25, 0.3) is 0 Å². The monoisotopic (exact) mass is 386 g/mol. The summed E-state index contributed by atoms with van der Waals surface area (Å²) in [6.07, 6.45) is 6.60. The maximum atomic E-state index is 13.9. The van der Waals surface area contributed by atoms with E-state index in [4.69, 9.17) is 0 Å². The molecule has 0 aliphatic heterocycles. The second-order valence-electron chi connectivity index (χ2n) is 8.27. The summed E-state index contributed by atoms with van der Waals surface area (Å²) >= 11 is 0. The third-order valence-corrected chi connectivity index (χ3v) is 6.65. The fourth-order valence-corrected chi connectivity index (χ4v) is 5.15. The molecule has 27 heavy (non-hydrogen) atoms. The molecule has 2 fully saturated rings. The Morgan fingerprint density at radius 3 is 1.78 bits per heavy atom. The van der Waals surface area contributed by atoms with Crippen molar-refractivity contribution in [1.29, 1.82) is 0 Å². The molecule has 5 heteroatoms. The third-order valence-electron chi connectivity index (χ3n) is 6.65. The highest BCUT2D eigenvalue weighted by atomic mass is 19.4. The van der Waals surface area contributed by atoms with Crippen molar-refractivity contribution < 1.29 is 22.0 Å². The predicted octanol–water partition coefficient (Wildman–Crippen LogP) is 7.64. The number of halogens is 5. The minimum atomic E-state index is -5.01. The van der Waals surface area contributed by atoms with Crippen molar-refractivity contribution in [2.75, 3.05) is 0 Å². The van der Waals surface area contributed by atoms with Crippen LogP contribution in [0.4, 0.5) is 22.0 Å². The summed E-state index contributed by atoms with van der Waals surface area (Å²) in [4.78, 5) is 0. The molecule has 3 rings (SSSR count). The number of benzene rings is 1. The van der Waals surface area contributed by atoms with Crippen molar-refractivity contribution in [3.8, 4) is 0 Å². The molecule has 0 bridgehead atoms. The molecule has 150 valence electrons. The van der Waals surface area contributed by atoms with Crippen LogP contribution < -0.4 is 0 Å². The third kappa shape index (κ3) is 4.72. The molecule has 1 aromatic rings. The van der Waals surface area contributed by atoms with Gasteiger partial charge in [-0.1, -0.05) is 6.08 Å². The van der Waals surface area contributed by atoms with Gasteiger partial charge in [0.1, 0.15) is 17.2 Å². The van der Waals surface area contributed by atoms with Gasteiger partial charge in [-0.15, -0.1) is 6.58 Å². The smallest absolute Gasteiger partial charge is 0.206 e. The van der Waals surface area contributed by atoms with E-state index in [0.717, 1.165) is 50.2 Å². The molecule has 2 aliphatic rings. The van der Waals surface area contributed by atoms with E-state index in [9.17, 15) is 22.0 Å². The minimum Gasteiger partial charge on any atom is -0.206 e. The number of hydrogen-bond donors (Lipinski definition) is 0. The van der Waals surface area contributed by atoms with E-state index in [0.29, 0.717) is 17.4 Å². The maximum absolute atomic E-state index is 13.9. The summed E-state index contributed by atoms with van der Waals surface area (Å²) < 4.78 is 65.9.